The highest BCUT2D eigenvalue weighted by atomic mass is 35.7. The maximum atomic E-state index is 12.8. The second-order valence-corrected chi connectivity index (χ2v) is 3.82. The minimum absolute atomic E-state index is 0.342. The van der Waals surface area contributed by atoms with Crippen LogP contribution in [0.25, 0.3) is 0 Å². The number of benzene rings is 1. The van der Waals surface area contributed by atoms with Crippen molar-refractivity contribution in [1.82, 2.24) is 0 Å². The number of hydrogen-bond donors (Lipinski definition) is 0. The van der Waals surface area contributed by atoms with Gasteiger partial charge in [0.05, 0.1) is 11.0 Å². The first-order valence-electron chi connectivity index (χ1n) is 3.04. The third-order valence-corrected chi connectivity index (χ3v) is 2.46. The second kappa shape index (κ2) is 3.91. The van der Waals surface area contributed by atoms with Crippen LogP contribution in [0.5, 0.6) is 0 Å². The summed E-state index contributed by atoms with van der Waals surface area (Å²) in [6, 6.07) is 2.68. The number of nitro groups is 1. The lowest BCUT2D eigenvalue weighted by molar-refractivity contribution is -0.385. The van der Waals surface area contributed by atoms with Crippen LogP contribution in [0.15, 0.2) is 23.1 Å². The van der Waals surface area contributed by atoms with Crippen LogP contribution in [0.4, 0.5) is 10.1 Å². The Kier molecular flexibility index (Phi) is 3.07. The van der Waals surface area contributed by atoms with Crippen molar-refractivity contribution in [1.29, 1.82) is 0 Å². The van der Waals surface area contributed by atoms with Crippen LogP contribution in [-0.4, -0.2) is 9.48 Å². The predicted octanol–water partition coefficient (Wildman–Crippen LogP) is 2.00. The monoisotopic (exact) mass is 223 g/mol. The first-order valence-corrected chi connectivity index (χ1v) is 5.02. The number of non-ortho nitro benzene ring substituents is 1. The third kappa shape index (κ3) is 2.30. The average molecular weight is 224 g/mol. The maximum Gasteiger partial charge on any atom is 0.274 e. The molecule has 0 spiro atoms. The van der Waals surface area contributed by atoms with Crippen LogP contribution in [0.3, 0.4) is 0 Å². The molecule has 1 aromatic rings. The van der Waals surface area contributed by atoms with E-state index in [0.29, 0.717) is 0 Å². The zero-order chi connectivity index (χ0) is 10.0. The van der Waals surface area contributed by atoms with E-state index in [-0.39, 0.29) is 10.6 Å². The molecule has 0 aromatic heterocycles. The number of rotatable bonds is 2. The fourth-order valence-corrected chi connectivity index (χ4v) is 1.52. The van der Waals surface area contributed by atoms with E-state index in [4.69, 9.17) is 10.7 Å². The Morgan fingerprint density at radius 1 is 1.54 bits per heavy atom. The number of nitro benzene ring substituents is 1. The van der Waals surface area contributed by atoms with Crippen molar-refractivity contribution in [3.63, 3.8) is 0 Å². The molecule has 0 saturated carbocycles. The van der Waals surface area contributed by atoms with Crippen LogP contribution in [0.2, 0.25) is 0 Å². The first-order chi connectivity index (χ1) is 6.02. The van der Waals surface area contributed by atoms with E-state index in [0.717, 1.165) is 18.2 Å². The summed E-state index contributed by atoms with van der Waals surface area (Å²) in [5, 5.41) is 10.2. The van der Waals surface area contributed by atoms with E-state index in [2.05, 4.69) is 0 Å². The van der Waals surface area contributed by atoms with E-state index in [1.54, 1.807) is 0 Å². The van der Waals surface area contributed by atoms with Crippen LogP contribution in [0.1, 0.15) is 0 Å². The van der Waals surface area contributed by atoms with Crippen LogP contribution >= 0.6 is 10.7 Å². The number of nitrogens with zero attached hydrogens (tertiary/aromatic N) is 1. The van der Waals surface area contributed by atoms with Gasteiger partial charge in [-0.15, -0.1) is 0 Å². The Hall–Kier alpha value is -0.850. The minimum atomic E-state index is -2.07. The Balaban J connectivity index is 3.19. The molecular formula is C6H3ClFNO3S. The fourth-order valence-electron chi connectivity index (χ4n) is 0.729. The van der Waals surface area contributed by atoms with Crippen molar-refractivity contribution in [2.24, 2.45) is 0 Å². The van der Waals surface area contributed by atoms with Gasteiger partial charge in [0.1, 0.15) is 10.4 Å². The quantitative estimate of drug-likeness (QED) is 0.438. The molecule has 1 unspecified atom stereocenters. The summed E-state index contributed by atoms with van der Waals surface area (Å²) in [7, 11) is 3.02. The standard InChI is InChI=1S/C6H3ClFNO3S/c7-13(12)6-3-4(9(10)11)1-2-5(6)8/h1-3H. The zero-order valence-electron chi connectivity index (χ0n) is 6.07. The van der Waals surface area contributed by atoms with Crippen LogP contribution in [-0.2, 0) is 10.4 Å². The summed E-state index contributed by atoms with van der Waals surface area (Å²) in [6.45, 7) is 0. The van der Waals surface area contributed by atoms with Gasteiger partial charge in [0.2, 0.25) is 4.90 Å². The molecule has 0 aliphatic heterocycles. The lowest BCUT2D eigenvalue weighted by Crippen LogP contribution is -1.97. The van der Waals surface area contributed by atoms with Gasteiger partial charge in [-0.05, 0) is 6.07 Å². The van der Waals surface area contributed by atoms with Gasteiger partial charge in [0.15, 0.2) is 16.5 Å². The maximum absolute atomic E-state index is 12.8. The normalized spacial score (nSPS) is 12.5. The van der Waals surface area contributed by atoms with Crippen molar-refractivity contribution >= 4 is 26.8 Å². The average Bonchev–Trinajstić information content (AvgIpc) is 2.04. The highest BCUT2D eigenvalue weighted by molar-refractivity contribution is 8.13. The largest absolute Gasteiger partial charge is 0.594 e. The molecule has 0 amide bonds. The van der Waals surface area contributed by atoms with Crippen molar-refractivity contribution < 1.29 is 13.9 Å². The van der Waals surface area contributed by atoms with Gasteiger partial charge in [-0.25, -0.2) is 4.39 Å². The van der Waals surface area contributed by atoms with E-state index < -0.39 is 21.1 Å². The summed E-state index contributed by atoms with van der Waals surface area (Å²) >= 11 is 0. The molecule has 1 rings (SSSR count). The van der Waals surface area contributed by atoms with E-state index >= 15 is 0 Å². The summed E-state index contributed by atoms with van der Waals surface area (Å²) in [5.74, 6) is -0.820. The molecule has 1 atom stereocenters. The first kappa shape index (κ1) is 10.2. The molecule has 0 N–H and O–H groups in total. The van der Waals surface area contributed by atoms with Gasteiger partial charge in [-0.2, -0.15) is 0 Å². The van der Waals surface area contributed by atoms with Gasteiger partial charge < -0.3 is 4.55 Å². The van der Waals surface area contributed by atoms with Gasteiger partial charge >= 0.3 is 0 Å². The molecule has 0 radical (unpaired) electrons. The smallest absolute Gasteiger partial charge is 0.274 e. The molecule has 4 nitrogen and oxygen atoms in total. The molecular weight excluding hydrogens is 221 g/mol. The third-order valence-electron chi connectivity index (χ3n) is 1.30. The van der Waals surface area contributed by atoms with Crippen LogP contribution < -0.4 is 0 Å². The Morgan fingerprint density at radius 3 is 2.62 bits per heavy atom. The van der Waals surface area contributed by atoms with Gasteiger partial charge in [-0.3, -0.25) is 10.1 Å². The van der Waals surface area contributed by atoms with Crippen molar-refractivity contribution in [3.05, 3.63) is 34.1 Å². The molecule has 13 heavy (non-hydrogen) atoms. The highest BCUT2D eigenvalue weighted by Crippen LogP contribution is 2.23. The Bertz CT molecular complexity index is 347. The topological polar surface area (TPSA) is 66.2 Å². The minimum Gasteiger partial charge on any atom is -0.594 e. The zero-order valence-corrected chi connectivity index (χ0v) is 7.64. The van der Waals surface area contributed by atoms with Gasteiger partial charge in [0, 0.05) is 6.07 Å². The summed E-state index contributed by atoms with van der Waals surface area (Å²) in [6.07, 6.45) is 0. The molecule has 7 heteroatoms. The summed E-state index contributed by atoms with van der Waals surface area (Å²) in [5.41, 5.74) is -0.342. The lowest BCUT2D eigenvalue weighted by atomic mass is 10.3. The molecule has 70 valence electrons. The van der Waals surface area contributed by atoms with E-state index in [1.165, 1.54) is 0 Å². The van der Waals surface area contributed by atoms with Gasteiger partial charge in [-0.1, -0.05) is 0 Å². The molecule has 0 heterocycles. The van der Waals surface area contributed by atoms with Crippen molar-refractivity contribution in [3.8, 4) is 0 Å². The van der Waals surface area contributed by atoms with E-state index in [1.807, 2.05) is 0 Å². The molecule has 0 aliphatic rings. The molecule has 0 fully saturated rings. The molecule has 0 saturated heterocycles. The number of halogens is 2. The Morgan fingerprint density at radius 2 is 2.15 bits per heavy atom. The van der Waals surface area contributed by atoms with Crippen LogP contribution in [0, 0.1) is 15.9 Å². The second-order valence-electron chi connectivity index (χ2n) is 2.10. The number of hydrogen-bond acceptors (Lipinski definition) is 3. The van der Waals surface area contributed by atoms with E-state index in [9.17, 15) is 19.1 Å². The van der Waals surface area contributed by atoms with Crippen molar-refractivity contribution in [2.75, 3.05) is 0 Å². The molecule has 1 aromatic carbocycles. The lowest BCUT2D eigenvalue weighted by Gasteiger charge is -2.00. The molecule has 0 aliphatic carbocycles. The molecule has 0 bridgehead atoms. The Labute approximate surface area is 80.2 Å². The van der Waals surface area contributed by atoms with Gasteiger partial charge in [0.25, 0.3) is 5.69 Å². The summed E-state index contributed by atoms with van der Waals surface area (Å²) < 4.78 is 23.4. The summed E-state index contributed by atoms with van der Waals surface area (Å²) in [4.78, 5) is 9.13. The highest BCUT2D eigenvalue weighted by Gasteiger charge is 2.19. The SMILES string of the molecule is O=[N+]([O-])c1ccc(F)c([S+]([O-])Cl)c1. The fraction of sp³-hybridized carbons (Fsp3) is 0. The van der Waals surface area contributed by atoms with Crippen molar-refractivity contribution in [2.45, 2.75) is 4.90 Å². The predicted molar refractivity (Wildman–Crippen MR) is 45.3 cm³/mol.